The molecule has 9 heteroatoms. The smallest absolute Gasteiger partial charge is 0.244 e. The largest absolute Gasteiger partial charge is 0.497 e. The Balaban J connectivity index is 2.50. The number of nitrogens with zero attached hydrogens (tertiary/aromatic N) is 2. The number of carbonyl (C=O) groups is 2. The molecule has 0 bridgehead atoms. The highest BCUT2D eigenvalue weighted by molar-refractivity contribution is 7.92. The van der Waals surface area contributed by atoms with Gasteiger partial charge in [0.15, 0.2) is 0 Å². The number of benzene rings is 2. The van der Waals surface area contributed by atoms with Gasteiger partial charge in [-0.05, 0) is 68.5 Å². The number of ether oxygens (including phenoxy) is 1. The van der Waals surface area contributed by atoms with Crippen molar-refractivity contribution in [1.29, 1.82) is 0 Å². The van der Waals surface area contributed by atoms with Crippen molar-refractivity contribution in [3.63, 3.8) is 0 Å². The number of methoxy groups -OCH3 is 1. The number of rotatable bonds is 12. The molecule has 36 heavy (non-hydrogen) atoms. The highest BCUT2D eigenvalue weighted by Gasteiger charge is 2.32. The minimum atomic E-state index is -3.78. The minimum absolute atomic E-state index is 0.0530. The number of amides is 2. The highest BCUT2D eigenvalue weighted by atomic mass is 32.2. The molecule has 2 amide bonds. The van der Waals surface area contributed by atoms with Gasteiger partial charge in [-0.15, -0.1) is 0 Å². The molecular weight excluding hydrogens is 478 g/mol. The van der Waals surface area contributed by atoms with Gasteiger partial charge in [0.25, 0.3) is 0 Å². The van der Waals surface area contributed by atoms with Gasteiger partial charge in [0, 0.05) is 12.6 Å². The van der Waals surface area contributed by atoms with Crippen LogP contribution >= 0.6 is 0 Å². The maximum atomic E-state index is 13.8. The molecule has 0 aliphatic heterocycles. The molecule has 2 aromatic carbocycles. The molecule has 1 N–H and O–H groups in total. The molecule has 198 valence electrons. The molecule has 0 aliphatic rings. The Bertz CT molecular complexity index is 1170. The topological polar surface area (TPSA) is 96.0 Å². The lowest BCUT2D eigenvalue weighted by Crippen LogP contribution is -2.53. The molecular formula is C27H39N3O5S. The number of carbonyl (C=O) groups excluding carboxylic acids is 2. The summed E-state index contributed by atoms with van der Waals surface area (Å²) in [4.78, 5) is 28.5. The van der Waals surface area contributed by atoms with Crippen molar-refractivity contribution in [2.24, 2.45) is 0 Å². The van der Waals surface area contributed by atoms with Crippen LogP contribution in [0.1, 0.15) is 50.3 Å². The van der Waals surface area contributed by atoms with Crippen LogP contribution < -0.4 is 14.4 Å². The first-order chi connectivity index (χ1) is 16.9. The summed E-state index contributed by atoms with van der Waals surface area (Å²) in [6.45, 7) is 9.11. The van der Waals surface area contributed by atoms with Crippen molar-refractivity contribution in [3.8, 4) is 5.75 Å². The molecule has 0 saturated carbocycles. The number of hydrogen-bond donors (Lipinski definition) is 1. The Kier molecular flexibility index (Phi) is 10.3. The van der Waals surface area contributed by atoms with Gasteiger partial charge in [-0.1, -0.05) is 38.1 Å². The molecule has 0 spiro atoms. The first-order valence-electron chi connectivity index (χ1n) is 12.2. The fraction of sp³-hybridized carbons (Fsp3) is 0.481. The van der Waals surface area contributed by atoms with Gasteiger partial charge in [-0.3, -0.25) is 13.9 Å². The van der Waals surface area contributed by atoms with Gasteiger partial charge < -0.3 is 15.0 Å². The predicted molar refractivity (Wildman–Crippen MR) is 144 cm³/mol. The van der Waals surface area contributed by atoms with Crippen molar-refractivity contribution in [3.05, 3.63) is 59.2 Å². The molecule has 0 unspecified atom stereocenters. The summed E-state index contributed by atoms with van der Waals surface area (Å²) in [5.41, 5.74) is 2.84. The van der Waals surface area contributed by atoms with E-state index in [0.29, 0.717) is 17.9 Å². The van der Waals surface area contributed by atoms with E-state index in [0.717, 1.165) is 33.7 Å². The zero-order valence-corrected chi connectivity index (χ0v) is 23.2. The Morgan fingerprint density at radius 2 is 1.75 bits per heavy atom. The van der Waals surface area contributed by atoms with Gasteiger partial charge in [-0.25, -0.2) is 8.42 Å². The van der Waals surface area contributed by atoms with Crippen molar-refractivity contribution < 1.29 is 22.7 Å². The fourth-order valence-electron chi connectivity index (χ4n) is 3.91. The highest BCUT2D eigenvalue weighted by Crippen LogP contribution is 2.25. The Morgan fingerprint density at radius 1 is 1.06 bits per heavy atom. The lowest BCUT2D eigenvalue weighted by atomic mass is 10.1. The summed E-state index contributed by atoms with van der Waals surface area (Å²) in [5, 5.41) is 2.97. The molecule has 0 fully saturated rings. The number of aryl methyl sites for hydroxylation is 2. The second-order valence-corrected chi connectivity index (χ2v) is 11.1. The second kappa shape index (κ2) is 12.8. The fourth-order valence-corrected chi connectivity index (χ4v) is 4.81. The van der Waals surface area contributed by atoms with Crippen LogP contribution in [0.5, 0.6) is 5.75 Å². The van der Waals surface area contributed by atoms with Crippen molar-refractivity contribution in [2.75, 3.05) is 24.2 Å². The van der Waals surface area contributed by atoms with E-state index in [4.69, 9.17) is 4.74 Å². The van der Waals surface area contributed by atoms with E-state index < -0.39 is 28.5 Å². The van der Waals surface area contributed by atoms with E-state index in [1.807, 2.05) is 52.0 Å². The first-order valence-corrected chi connectivity index (χ1v) is 14.0. The van der Waals surface area contributed by atoms with Crippen LogP contribution in [-0.2, 0) is 26.2 Å². The zero-order valence-electron chi connectivity index (χ0n) is 22.4. The summed E-state index contributed by atoms with van der Waals surface area (Å²) in [7, 11) is -2.22. The number of anilines is 1. The summed E-state index contributed by atoms with van der Waals surface area (Å²) < 4.78 is 32.1. The molecule has 2 aromatic rings. The molecule has 0 radical (unpaired) electrons. The van der Waals surface area contributed by atoms with Gasteiger partial charge in [0.2, 0.25) is 21.8 Å². The Hall–Kier alpha value is -3.07. The molecule has 0 saturated heterocycles. The standard InChI is InChI=1S/C27H39N3O5S/c1-8-21(5)28-27(32)24(9-2)29(17-22-11-10-12-23(16-22)35-6)26(31)18-30(36(7,33)34)25-15-19(3)13-14-20(25)4/h10-16,21,24H,8-9,17-18H2,1-7H3,(H,28,32)/t21-,24-/m0/s1. The van der Waals surface area contributed by atoms with E-state index in [2.05, 4.69) is 5.32 Å². The van der Waals surface area contributed by atoms with Crippen LogP contribution in [0.2, 0.25) is 0 Å². The van der Waals surface area contributed by atoms with Crippen molar-refractivity contribution >= 4 is 27.5 Å². The van der Waals surface area contributed by atoms with Crippen LogP contribution in [0.15, 0.2) is 42.5 Å². The quantitative estimate of drug-likeness (QED) is 0.462. The van der Waals surface area contributed by atoms with Crippen LogP contribution in [0, 0.1) is 13.8 Å². The number of nitrogens with one attached hydrogen (secondary N) is 1. The SMILES string of the molecule is CC[C@H](C)NC(=O)[C@H](CC)N(Cc1cccc(OC)c1)C(=O)CN(c1cc(C)ccc1C)S(C)(=O)=O. The molecule has 2 atom stereocenters. The summed E-state index contributed by atoms with van der Waals surface area (Å²) in [5.74, 6) is -0.0961. The summed E-state index contributed by atoms with van der Waals surface area (Å²) in [6, 6.07) is 11.9. The van der Waals surface area contributed by atoms with Crippen LogP contribution in [0.3, 0.4) is 0 Å². The van der Waals surface area contributed by atoms with Gasteiger partial charge in [0.05, 0.1) is 19.1 Å². The molecule has 8 nitrogen and oxygen atoms in total. The van der Waals surface area contributed by atoms with Gasteiger partial charge in [-0.2, -0.15) is 0 Å². The third kappa shape index (κ3) is 7.71. The molecule has 0 aliphatic carbocycles. The Morgan fingerprint density at radius 3 is 2.33 bits per heavy atom. The van der Waals surface area contributed by atoms with Crippen LogP contribution in [0.25, 0.3) is 0 Å². The normalized spacial score (nSPS) is 13.0. The predicted octanol–water partition coefficient (Wildman–Crippen LogP) is 3.80. The molecule has 0 aromatic heterocycles. The maximum absolute atomic E-state index is 13.8. The third-order valence-electron chi connectivity index (χ3n) is 6.19. The van der Waals surface area contributed by atoms with Crippen LogP contribution in [0.4, 0.5) is 5.69 Å². The maximum Gasteiger partial charge on any atom is 0.244 e. The van der Waals surface area contributed by atoms with Crippen LogP contribution in [-0.4, -0.2) is 57.1 Å². The van der Waals surface area contributed by atoms with E-state index in [9.17, 15) is 18.0 Å². The van der Waals surface area contributed by atoms with E-state index in [1.54, 1.807) is 32.2 Å². The lowest BCUT2D eigenvalue weighted by Gasteiger charge is -2.33. The second-order valence-electron chi connectivity index (χ2n) is 9.17. The summed E-state index contributed by atoms with van der Waals surface area (Å²) >= 11 is 0. The van der Waals surface area contributed by atoms with E-state index in [-0.39, 0.29) is 18.5 Å². The van der Waals surface area contributed by atoms with E-state index >= 15 is 0 Å². The lowest BCUT2D eigenvalue weighted by molar-refractivity contribution is -0.140. The Labute approximate surface area is 215 Å². The average Bonchev–Trinajstić information content (AvgIpc) is 2.83. The molecule has 2 rings (SSSR count). The first kappa shape index (κ1) is 29.2. The van der Waals surface area contributed by atoms with Gasteiger partial charge in [0.1, 0.15) is 18.3 Å². The van der Waals surface area contributed by atoms with Gasteiger partial charge >= 0.3 is 0 Å². The average molecular weight is 518 g/mol. The number of hydrogen-bond acceptors (Lipinski definition) is 5. The number of sulfonamides is 1. The minimum Gasteiger partial charge on any atom is -0.497 e. The van der Waals surface area contributed by atoms with Crippen molar-refractivity contribution in [2.45, 2.75) is 66.1 Å². The van der Waals surface area contributed by atoms with E-state index in [1.165, 1.54) is 4.90 Å². The third-order valence-corrected chi connectivity index (χ3v) is 7.31. The molecule has 0 heterocycles. The van der Waals surface area contributed by atoms with Crippen molar-refractivity contribution in [1.82, 2.24) is 10.2 Å². The zero-order chi connectivity index (χ0) is 27.0. The monoisotopic (exact) mass is 517 g/mol. The summed E-state index contributed by atoms with van der Waals surface area (Å²) in [6.07, 6.45) is 2.21.